The van der Waals surface area contributed by atoms with Crippen molar-refractivity contribution in [2.24, 2.45) is 0 Å². The van der Waals surface area contributed by atoms with Gasteiger partial charge in [0.1, 0.15) is 23.0 Å². The number of nitrogens with one attached hydrogen (secondary N) is 2. The zero-order valence-electron chi connectivity index (χ0n) is 49.6. The Kier molecular flexibility index (Phi) is 18.0. The van der Waals surface area contributed by atoms with Gasteiger partial charge in [-0.05, 0) is 197 Å². The minimum Gasteiger partial charge on any atom is -0.493 e. The number of ether oxygens (including phenoxy) is 4. The molecule has 8 bridgehead atoms. The topological polar surface area (TPSA) is 130 Å². The van der Waals surface area contributed by atoms with Crippen molar-refractivity contribution in [2.45, 2.75) is 77.0 Å². The molecule has 1 aliphatic heterocycles. The van der Waals surface area contributed by atoms with Crippen molar-refractivity contribution in [2.75, 3.05) is 26.4 Å². The molecule has 88 heavy (non-hydrogen) atoms. The van der Waals surface area contributed by atoms with Crippen LogP contribution in [0.1, 0.15) is 96.9 Å². The van der Waals surface area contributed by atoms with Crippen LogP contribution in [0.4, 0.5) is 0 Å². The molecular weight excluding hydrogens is 1090 g/mol. The van der Waals surface area contributed by atoms with E-state index in [0.29, 0.717) is 26.4 Å². The van der Waals surface area contributed by atoms with Crippen LogP contribution in [0.25, 0.3) is 57.2 Å². The Labute approximate surface area is 512 Å². The highest BCUT2D eigenvalue weighted by Gasteiger charge is 2.17. The van der Waals surface area contributed by atoms with E-state index in [1.165, 1.54) is 0 Å². The molecule has 0 atom stereocenters. The van der Waals surface area contributed by atoms with Crippen LogP contribution in [0.5, 0.6) is 23.0 Å². The lowest BCUT2D eigenvalue weighted by molar-refractivity contribution is 0.291. The summed E-state index contributed by atoms with van der Waals surface area (Å²) in [6, 6.07) is 63.2. The number of unbranched alkanes of at least 4 members (excludes halogenated alkanes) is 4. The fraction of sp³-hybridized carbons (Fsp3) is 0.211. The van der Waals surface area contributed by atoms with Gasteiger partial charge in [-0.1, -0.05) is 60.7 Å². The second-order valence-corrected chi connectivity index (χ2v) is 22.5. The van der Waals surface area contributed by atoms with E-state index >= 15 is 0 Å². The summed E-state index contributed by atoms with van der Waals surface area (Å²) in [5, 5.41) is 8.46. The van der Waals surface area contributed by atoms with Crippen LogP contribution in [0.3, 0.4) is 0 Å². The second-order valence-electron chi connectivity index (χ2n) is 22.5. The van der Waals surface area contributed by atoms with Crippen molar-refractivity contribution < 1.29 is 18.9 Å². The number of aromatic nitrogens is 8. The average molecular weight is 1160 g/mol. The van der Waals surface area contributed by atoms with Crippen LogP contribution in [0.2, 0.25) is 0 Å². The van der Waals surface area contributed by atoms with Crippen molar-refractivity contribution in [3.63, 3.8) is 0 Å². The summed E-state index contributed by atoms with van der Waals surface area (Å²) in [6.07, 6.45) is 27.4. The quantitative estimate of drug-likeness (QED) is 0.0513. The molecule has 12 nitrogen and oxygen atoms in total. The van der Waals surface area contributed by atoms with Gasteiger partial charge >= 0.3 is 0 Å². The zero-order chi connectivity index (χ0) is 59.1. The molecule has 440 valence electrons. The molecule has 0 unspecified atom stereocenters. The molecular formula is C76H72N8O4. The fourth-order valence-electron chi connectivity index (χ4n) is 11.8. The van der Waals surface area contributed by atoms with Crippen LogP contribution in [-0.4, -0.2) is 65.5 Å². The van der Waals surface area contributed by atoms with Crippen LogP contribution >= 0.6 is 0 Å². The molecule has 0 aliphatic carbocycles. The molecule has 2 N–H and O–H groups in total. The minimum atomic E-state index is 0.562. The molecule has 0 radical (unpaired) electrons. The molecule has 8 aromatic heterocycles. The number of aromatic amines is 2. The molecule has 12 aromatic rings. The van der Waals surface area contributed by atoms with E-state index < -0.39 is 0 Å². The van der Waals surface area contributed by atoms with Crippen molar-refractivity contribution in [3.8, 4) is 34.4 Å². The molecule has 0 spiro atoms. The fourth-order valence-corrected chi connectivity index (χ4v) is 11.8. The van der Waals surface area contributed by atoms with Gasteiger partial charge in [0.25, 0.3) is 0 Å². The van der Waals surface area contributed by atoms with Crippen LogP contribution in [0.15, 0.2) is 207 Å². The summed E-state index contributed by atoms with van der Waals surface area (Å²) in [5.41, 5.74) is 10.2. The number of nitrogens with zero attached hydrogens (tertiary/aromatic N) is 6. The second kappa shape index (κ2) is 27.9. The Morgan fingerprint density at radius 2 is 0.705 bits per heavy atom. The lowest BCUT2D eigenvalue weighted by atomic mass is 10.0. The minimum absolute atomic E-state index is 0.562. The number of benzene rings is 4. The third kappa shape index (κ3) is 14.2. The van der Waals surface area contributed by atoms with E-state index in [1.807, 2.05) is 85.5 Å². The van der Waals surface area contributed by atoms with Crippen molar-refractivity contribution in [1.29, 1.82) is 0 Å². The van der Waals surface area contributed by atoms with Gasteiger partial charge in [0.05, 0.1) is 37.8 Å². The molecule has 13 rings (SSSR count). The Balaban J connectivity index is 0.888. The van der Waals surface area contributed by atoms with E-state index in [9.17, 15) is 0 Å². The standard InChI is InChI=1S/C76H72N8O4/c1-2-28-72-55(19-1)29-36-73-74-51-64-34-32-62(83(64)66-47-68(85-41-15-7-24-56-20-3-11-37-77-56)53-69(48-66)86-42-16-8-25-57-21-4-12-38-78-57)45-60-30-31-61(81-60)46-63-33-35-65(52-75(82-74)76(72)73)84(63)67-49-70(87-43-17-9-26-58-22-5-13-39-79-58)54-71(50-67)88-44-18-10-27-59-23-6-14-40-80-59/h1-6,11-14,19-23,28-40,45-54,81-82H,7-10,15-18,24-27,41-44H2. The first-order valence-corrected chi connectivity index (χ1v) is 31.1. The van der Waals surface area contributed by atoms with Gasteiger partial charge < -0.3 is 38.0 Å². The molecule has 1 aliphatic rings. The third-order valence-electron chi connectivity index (χ3n) is 16.1. The third-order valence-corrected chi connectivity index (χ3v) is 16.1. The zero-order valence-corrected chi connectivity index (χ0v) is 49.6. The number of aryl methyl sites for hydroxylation is 4. The van der Waals surface area contributed by atoms with Gasteiger partial charge in [-0.25, -0.2) is 0 Å². The Bertz CT molecular complexity index is 4400. The van der Waals surface area contributed by atoms with Gasteiger partial charge in [0.15, 0.2) is 0 Å². The van der Waals surface area contributed by atoms with Crippen molar-refractivity contribution in [1.82, 2.24) is 39.0 Å². The highest BCUT2D eigenvalue weighted by molar-refractivity contribution is 6.08. The molecule has 9 heterocycles. The number of hydrogen-bond acceptors (Lipinski definition) is 8. The predicted molar refractivity (Wildman–Crippen MR) is 352 cm³/mol. The van der Waals surface area contributed by atoms with Crippen LogP contribution in [-0.2, 0) is 25.7 Å². The normalized spacial score (nSPS) is 11.8. The largest absolute Gasteiger partial charge is 0.493 e. The number of pyridine rings is 4. The lowest BCUT2D eigenvalue weighted by Crippen LogP contribution is -2.14. The van der Waals surface area contributed by atoms with Gasteiger partial charge in [0, 0.05) is 139 Å². The highest BCUT2D eigenvalue weighted by atomic mass is 16.5. The Morgan fingerprint density at radius 3 is 1.11 bits per heavy atom. The predicted octanol–water partition coefficient (Wildman–Crippen LogP) is 13.0. The molecule has 0 saturated carbocycles. The van der Waals surface area contributed by atoms with E-state index in [-0.39, 0.29) is 0 Å². The van der Waals surface area contributed by atoms with Crippen molar-refractivity contribution >= 4 is 45.8 Å². The van der Waals surface area contributed by atoms with E-state index in [1.54, 1.807) is 0 Å². The maximum Gasteiger partial charge on any atom is 0.125 e. The van der Waals surface area contributed by atoms with Gasteiger partial charge in [0.2, 0.25) is 0 Å². The van der Waals surface area contributed by atoms with E-state index in [0.717, 1.165) is 200 Å². The maximum atomic E-state index is 6.65. The molecule has 0 fully saturated rings. The van der Waals surface area contributed by atoms with Crippen molar-refractivity contribution in [3.05, 3.63) is 274 Å². The summed E-state index contributed by atoms with van der Waals surface area (Å²) >= 11 is 0. The summed E-state index contributed by atoms with van der Waals surface area (Å²) in [6.45, 7) is 2.25. The summed E-state index contributed by atoms with van der Waals surface area (Å²) in [7, 11) is 0. The Hall–Kier alpha value is -10.2. The molecule has 0 amide bonds. The van der Waals surface area contributed by atoms with Gasteiger partial charge in [-0.15, -0.1) is 0 Å². The van der Waals surface area contributed by atoms with E-state index in [4.69, 9.17) is 18.9 Å². The SMILES string of the molecule is C1=c2ccc([nH]2)=Cc2ccc(n2-c2cc(OCCCCc3ccccn3)cc(OCCCCc3ccccn3)c2)C=c2[nH]c(c3ccc4ccccc4c23)=Cc2ccc1n2-c1cc(OCCCCc2ccccn2)cc(OCCCCc2ccccn2)c1. The molecule has 4 aromatic carbocycles. The number of rotatable bonds is 26. The average Bonchev–Trinajstić information content (AvgIpc) is 1.78. The summed E-state index contributed by atoms with van der Waals surface area (Å²) in [4.78, 5) is 25.9. The number of fused-ring (bicyclic) bond motifs is 13. The van der Waals surface area contributed by atoms with Crippen LogP contribution in [0, 0.1) is 0 Å². The van der Waals surface area contributed by atoms with E-state index in [2.05, 4.69) is 185 Å². The van der Waals surface area contributed by atoms with Crippen LogP contribution < -0.4 is 40.3 Å². The monoisotopic (exact) mass is 1160 g/mol. The highest BCUT2D eigenvalue weighted by Crippen LogP contribution is 2.32. The first-order chi connectivity index (χ1) is 43.6. The first-order valence-electron chi connectivity index (χ1n) is 31.1. The summed E-state index contributed by atoms with van der Waals surface area (Å²) in [5.74, 6) is 3.01. The first kappa shape index (κ1) is 56.9. The smallest absolute Gasteiger partial charge is 0.125 e. The Morgan fingerprint density at radius 1 is 0.318 bits per heavy atom. The summed E-state index contributed by atoms with van der Waals surface area (Å²) < 4.78 is 31.2. The lowest BCUT2D eigenvalue weighted by Gasteiger charge is -2.16. The number of H-pyrrole nitrogens is 2. The maximum absolute atomic E-state index is 6.65. The number of hydrogen-bond donors (Lipinski definition) is 2. The van der Waals surface area contributed by atoms with Gasteiger partial charge in [-0.2, -0.15) is 0 Å². The molecule has 0 saturated heterocycles. The van der Waals surface area contributed by atoms with Gasteiger partial charge in [-0.3, -0.25) is 19.9 Å². The molecule has 12 heteroatoms.